The maximum Gasteiger partial charge on any atom is -0.0271 e. The van der Waals surface area contributed by atoms with Gasteiger partial charge in [-0.15, -0.1) is 0 Å². The van der Waals surface area contributed by atoms with Gasteiger partial charge in [-0.2, -0.15) is 0 Å². The molecular formula is C30H52. The Hall–Kier alpha value is -1.04. The lowest BCUT2D eigenvalue weighted by molar-refractivity contribution is 0.0527. The Balaban J connectivity index is 2.30. The first-order valence-electron chi connectivity index (χ1n) is 12.8. The van der Waals surface area contributed by atoms with E-state index in [0.717, 1.165) is 11.8 Å². The van der Waals surface area contributed by atoms with Crippen LogP contribution in [-0.2, 0) is 0 Å². The fourth-order valence-electron chi connectivity index (χ4n) is 4.94. The summed E-state index contributed by atoms with van der Waals surface area (Å²) in [5.74, 6) is 1.76. The molecule has 0 aromatic heterocycles. The first-order valence-corrected chi connectivity index (χ1v) is 12.8. The van der Waals surface area contributed by atoms with Gasteiger partial charge in [0, 0.05) is 0 Å². The van der Waals surface area contributed by atoms with Crippen molar-refractivity contribution in [3.8, 4) is 0 Å². The molecule has 1 aliphatic carbocycles. The van der Waals surface area contributed by atoms with Crippen LogP contribution < -0.4 is 0 Å². The number of rotatable bonds is 12. The van der Waals surface area contributed by atoms with Crippen molar-refractivity contribution in [1.82, 2.24) is 0 Å². The van der Waals surface area contributed by atoms with E-state index < -0.39 is 0 Å². The summed E-state index contributed by atoms with van der Waals surface area (Å²) < 4.78 is 0. The average molecular weight is 413 g/mol. The molecule has 0 saturated heterocycles. The van der Waals surface area contributed by atoms with E-state index in [1.54, 1.807) is 11.1 Å². The van der Waals surface area contributed by atoms with Crippen LogP contribution in [0.2, 0.25) is 0 Å². The standard InChI is InChI=1S/C30H52/c1-24(2)14-11-17-26(4)19-12-18-25(3)15-9-10-16-27(5)22-23-30(8)28(6)20-13-21-29(30)7/h14-16,19,28-29H,9-13,17-18,20-23H2,1-8H3/b25-15+,26-19+,27-16+/t28-,29-/m1/s1. The van der Waals surface area contributed by atoms with E-state index in [1.165, 1.54) is 81.8 Å². The zero-order chi connectivity index (χ0) is 22.6. The zero-order valence-corrected chi connectivity index (χ0v) is 21.7. The van der Waals surface area contributed by atoms with Gasteiger partial charge in [-0.05, 0) is 103 Å². The summed E-state index contributed by atoms with van der Waals surface area (Å²) in [7, 11) is 0. The van der Waals surface area contributed by atoms with Crippen molar-refractivity contribution in [1.29, 1.82) is 0 Å². The Morgan fingerprint density at radius 1 is 0.667 bits per heavy atom. The second kappa shape index (κ2) is 14.1. The Morgan fingerprint density at radius 3 is 1.60 bits per heavy atom. The van der Waals surface area contributed by atoms with E-state index in [4.69, 9.17) is 0 Å². The minimum atomic E-state index is 0.543. The van der Waals surface area contributed by atoms with Gasteiger partial charge < -0.3 is 0 Å². The molecule has 0 heterocycles. The highest BCUT2D eigenvalue weighted by Crippen LogP contribution is 2.48. The Bertz CT molecular complexity index is 596. The number of unbranched alkanes of at least 4 members (excludes halogenated alkanes) is 1. The van der Waals surface area contributed by atoms with E-state index >= 15 is 0 Å². The molecule has 1 saturated carbocycles. The molecule has 2 atom stereocenters. The van der Waals surface area contributed by atoms with Gasteiger partial charge in [0.25, 0.3) is 0 Å². The molecule has 0 unspecified atom stereocenters. The smallest absolute Gasteiger partial charge is 0.0271 e. The van der Waals surface area contributed by atoms with E-state index in [1.807, 2.05) is 0 Å². The van der Waals surface area contributed by atoms with E-state index in [9.17, 15) is 0 Å². The van der Waals surface area contributed by atoms with Crippen molar-refractivity contribution in [3.05, 3.63) is 46.6 Å². The fraction of sp³-hybridized carbons (Fsp3) is 0.733. The molecule has 30 heavy (non-hydrogen) atoms. The summed E-state index contributed by atoms with van der Waals surface area (Å²) in [5.41, 5.74) is 6.66. The highest BCUT2D eigenvalue weighted by atomic mass is 14.4. The lowest BCUT2D eigenvalue weighted by Gasteiger charge is -2.45. The topological polar surface area (TPSA) is 0 Å². The first-order chi connectivity index (χ1) is 14.1. The monoisotopic (exact) mass is 412 g/mol. The summed E-state index contributed by atoms with van der Waals surface area (Å²) in [6, 6.07) is 0. The molecule has 0 nitrogen and oxygen atoms in total. The average Bonchev–Trinajstić information content (AvgIpc) is 2.67. The number of hydrogen-bond donors (Lipinski definition) is 0. The maximum absolute atomic E-state index is 2.55. The number of hydrogen-bond acceptors (Lipinski definition) is 0. The molecule has 172 valence electrons. The summed E-state index contributed by atoms with van der Waals surface area (Å²) in [6.07, 6.45) is 23.8. The lowest BCUT2D eigenvalue weighted by Crippen LogP contribution is -2.36. The largest absolute Gasteiger partial charge is 0.0856 e. The number of allylic oxidation sites excluding steroid dienone is 8. The maximum atomic E-state index is 2.55. The molecule has 1 rings (SSSR count). The van der Waals surface area contributed by atoms with E-state index in [2.05, 4.69) is 79.7 Å². The Labute approximate surface area is 190 Å². The highest BCUT2D eigenvalue weighted by molar-refractivity contribution is 5.07. The van der Waals surface area contributed by atoms with E-state index in [0.29, 0.717) is 5.41 Å². The minimum absolute atomic E-state index is 0.543. The van der Waals surface area contributed by atoms with Crippen molar-refractivity contribution in [2.45, 2.75) is 126 Å². The molecule has 0 N–H and O–H groups in total. The van der Waals surface area contributed by atoms with Crippen LogP contribution in [0.5, 0.6) is 0 Å². The van der Waals surface area contributed by atoms with Gasteiger partial charge >= 0.3 is 0 Å². The van der Waals surface area contributed by atoms with Gasteiger partial charge in [0.1, 0.15) is 0 Å². The fourth-order valence-corrected chi connectivity index (χ4v) is 4.94. The van der Waals surface area contributed by atoms with Crippen LogP contribution in [0, 0.1) is 17.3 Å². The van der Waals surface area contributed by atoms with Crippen LogP contribution in [0.25, 0.3) is 0 Å². The molecule has 0 aromatic carbocycles. The van der Waals surface area contributed by atoms with Gasteiger partial charge in [-0.1, -0.05) is 86.6 Å². The molecule has 0 radical (unpaired) electrons. The summed E-state index contributed by atoms with van der Waals surface area (Å²) in [5, 5.41) is 0. The van der Waals surface area contributed by atoms with Crippen LogP contribution in [0.3, 0.4) is 0 Å². The van der Waals surface area contributed by atoms with Crippen molar-refractivity contribution < 1.29 is 0 Å². The summed E-state index contributed by atoms with van der Waals surface area (Å²) in [4.78, 5) is 0. The molecule has 1 aliphatic rings. The van der Waals surface area contributed by atoms with Gasteiger partial charge in [0.15, 0.2) is 0 Å². The Morgan fingerprint density at radius 2 is 1.10 bits per heavy atom. The van der Waals surface area contributed by atoms with Crippen molar-refractivity contribution in [2.24, 2.45) is 17.3 Å². The SMILES string of the molecule is CC(C)=CCC/C(C)=C/CC/C(C)=C/CC/C=C(\C)CCC1(C)[C@H](C)CCC[C@H]1C. The molecule has 0 aromatic rings. The predicted octanol–water partition coefficient (Wildman–Crippen LogP) is 10.4. The van der Waals surface area contributed by atoms with Crippen LogP contribution in [0.1, 0.15) is 126 Å². The van der Waals surface area contributed by atoms with Crippen LogP contribution >= 0.6 is 0 Å². The third-order valence-corrected chi connectivity index (χ3v) is 7.86. The Kier molecular flexibility index (Phi) is 12.7. The molecule has 0 amide bonds. The lowest BCUT2D eigenvalue weighted by atomic mass is 9.60. The van der Waals surface area contributed by atoms with Crippen molar-refractivity contribution >= 4 is 0 Å². The van der Waals surface area contributed by atoms with Crippen molar-refractivity contribution in [3.63, 3.8) is 0 Å². The van der Waals surface area contributed by atoms with E-state index in [-0.39, 0.29) is 0 Å². The van der Waals surface area contributed by atoms with Gasteiger partial charge in [0.2, 0.25) is 0 Å². The normalized spacial score (nSPS) is 22.9. The third kappa shape index (κ3) is 10.3. The molecule has 0 aliphatic heterocycles. The minimum Gasteiger partial charge on any atom is -0.0856 e. The summed E-state index contributed by atoms with van der Waals surface area (Å²) in [6.45, 7) is 18.8. The summed E-state index contributed by atoms with van der Waals surface area (Å²) >= 11 is 0. The molecule has 0 spiro atoms. The van der Waals surface area contributed by atoms with Crippen LogP contribution in [0.4, 0.5) is 0 Å². The first kappa shape index (κ1) is 27.0. The van der Waals surface area contributed by atoms with Gasteiger partial charge in [-0.3, -0.25) is 0 Å². The van der Waals surface area contributed by atoms with Gasteiger partial charge in [0.05, 0.1) is 0 Å². The molecule has 0 bridgehead atoms. The quantitative estimate of drug-likeness (QED) is 0.221. The van der Waals surface area contributed by atoms with Crippen LogP contribution in [-0.4, -0.2) is 0 Å². The third-order valence-electron chi connectivity index (χ3n) is 7.86. The molecule has 1 fully saturated rings. The second-order valence-electron chi connectivity index (χ2n) is 10.8. The van der Waals surface area contributed by atoms with Gasteiger partial charge in [-0.25, -0.2) is 0 Å². The zero-order valence-electron chi connectivity index (χ0n) is 21.7. The van der Waals surface area contributed by atoms with Crippen molar-refractivity contribution in [2.75, 3.05) is 0 Å². The predicted molar refractivity (Wildman–Crippen MR) is 138 cm³/mol. The highest BCUT2D eigenvalue weighted by Gasteiger charge is 2.38. The second-order valence-corrected chi connectivity index (χ2v) is 10.8. The molecule has 0 heteroatoms. The van der Waals surface area contributed by atoms with Crippen LogP contribution in [0.15, 0.2) is 46.6 Å². The molecular weight excluding hydrogens is 360 g/mol.